The zero-order chi connectivity index (χ0) is 96.2. The van der Waals surface area contributed by atoms with Crippen LogP contribution in [0, 0.1) is 11.7 Å². The number of primary amides is 1. The van der Waals surface area contributed by atoms with Crippen LogP contribution in [0.25, 0.3) is 10.9 Å². The minimum absolute atomic E-state index is 0.0477. The van der Waals surface area contributed by atoms with E-state index in [1.165, 1.54) is 71.4 Å². The average Bonchev–Trinajstić information content (AvgIpc) is 1.52. The highest BCUT2D eigenvalue weighted by atomic mass is 32.2. The second-order valence-corrected chi connectivity index (χ2v) is 34.4. The van der Waals surface area contributed by atoms with Gasteiger partial charge in [0.25, 0.3) is 0 Å². The summed E-state index contributed by atoms with van der Waals surface area (Å²) in [6.45, 7) is 2.80. The van der Waals surface area contributed by atoms with E-state index in [4.69, 9.17) is 11.5 Å². The van der Waals surface area contributed by atoms with Crippen LogP contribution in [0.15, 0.2) is 140 Å². The molecule has 9 rings (SSSR count). The minimum atomic E-state index is -2.03. The fourth-order valence-corrected chi connectivity index (χ4v) is 16.8. The molecule has 3 fully saturated rings. The number of H-pyrrole nitrogens is 1. The highest BCUT2D eigenvalue weighted by Crippen LogP contribution is 2.28. The molecule has 710 valence electrons. The van der Waals surface area contributed by atoms with Crippen LogP contribution in [0.1, 0.15) is 106 Å². The predicted octanol–water partition coefficient (Wildman–Crippen LogP) is -1.12. The number of hydrogen-bond acceptors (Lipinski definition) is 22. The number of rotatable bonds is 25. The number of amides is 15. The van der Waals surface area contributed by atoms with Crippen molar-refractivity contribution in [1.29, 1.82) is 0 Å². The summed E-state index contributed by atoms with van der Waals surface area (Å²) in [4.78, 5) is 258. The van der Waals surface area contributed by atoms with E-state index < -0.39 is 254 Å². The molecule has 19 N–H and O–H groups in total. The molecule has 132 heavy (non-hydrogen) atoms. The lowest BCUT2D eigenvalue weighted by atomic mass is 9.98. The molecule has 0 saturated carbocycles. The Morgan fingerprint density at radius 2 is 1.08 bits per heavy atom. The minimum Gasteiger partial charge on any atom is -0.508 e. The fraction of sp³-hybridized carbons (Fsp3) is 0.462. The van der Waals surface area contributed by atoms with Crippen LogP contribution in [-0.4, -0.2) is 301 Å². The summed E-state index contributed by atoms with van der Waals surface area (Å²) >= 11 is 0.747. The van der Waals surface area contributed by atoms with Crippen molar-refractivity contribution >= 4 is 123 Å². The number of carbonyl (C=O) groups excluding carboxylic acids is 15. The molecule has 4 heterocycles. The Morgan fingerprint density at radius 1 is 0.530 bits per heavy atom. The van der Waals surface area contributed by atoms with Crippen molar-refractivity contribution in [3.05, 3.63) is 173 Å². The third-order valence-corrected chi connectivity index (χ3v) is 24.3. The van der Waals surface area contributed by atoms with Gasteiger partial charge in [-0.15, -0.1) is 11.8 Å². The summed E-state index contributed by atoms with van der Waals surface area (Å²) in [5.74, 6) is -20.7. The largest absolute Gasteiger partial charge is 0.508 e. The lowest BCUT2D eigenvalue weighted by Gasteiger charge is -2.38. The van der Waals surface area contributed by atoms with E-state index in [9.17, 15) is 63.2 Å². The van der Waals surface area contributed by atoms with E-state index in [1.54, 1.807) is 98.0 Å². The predicted molar refractivity (Wildman–Crippen MR) is 480 cm³/mol. The van der Waals surface area contributed by atoms with Crippen LogP contribution >= 0.6 is 11.8 Å². The Bertz CT molecular complexity index is 5100. The molecule has 0 aliphatic carbocycles. The third-order valence-electron chi connectivity index (χ3n) is 23.3. The number of nitrogens with one attached hydrogen (secondary N) is 11. The number of likely N-dealkylation sites (N-methyl/N-ethyl adjacent to an activating group) is 3. The van der Waals surface area contributed by atoms with Gasteiger partial charge in [0.1, 0.15) is 90.1 Å². The topological polar surface area (TPSA) is 575 Å². The number of aliphatic hydroxyl groups excluding tert-OH is 1. The molecule has 15 amide bonds. The van der Waals surface area contributed by atoms with Crippen LogP contribution in [0.2, 0.25) is 0 Å². The van der Waals surface area contributed by atoms with Gasteiger partial charge in [-0.3, -0.25) is 86.8 Å². The number of nitrogens with zero attached hydrogens (tertiary/aromatic N) is 5. The number of aromatic hydroxyl groups is 1. The van der Waals surface area contributed by atoms with Crippen LogP contribution in [0.5, 0.6) is 5.75 Å². The maximum absolute atomic E-state index is 15.7. The Labute approximate surface area is 765 Å². The zero-order valence-electron chi connectivity index (χ0n) is 74.2. The molecule has 14 atom stereocenters. The Morgan fingerprint density at radius 3 is 1.70 bits per heavy atom. The molecule has 39 nitrogen and oxygen atoms in total. The SMILES string of the molecule is CCCC[C@H]1C(=O)N2C[C@H](O)C[C@@H]2C(=O)N[C@@H](CC(=O)O)C(=O)N[C@@H](C(C)C)C(=O)N(C)[C@@H](Cc2ccccc2)C(=O)N[C@@H](CCC(=O)O)C(=O)N2CNC[C@@H]2C(=O)N[C@@H](Cc2c[nH]c3ccccc23)C(=O)N[C@@H](Cc2ccc(O)cc2)C(=O)N[C@@H](CCCN)C(=O)N[C@H](C(=O)NCC(N)=O)CSCC(=O)N[C@@H](Cc2ccc(F)cc2)C(=O)N(C)[C@@H](Cc2ccccc2)C(=O)N1C. The van der Waals surface area contributed by atoms with E-state index in [2.05, 4.69) is 58.2 Å². The molecule has 41 heteroatoms. The molecule has 1 aromatic heterocycles. The summed E-state index contributed by atoms with van der Waals surface area (Å²) in [6.07, 6.45) is -3.85. The number of fused-ring (bicyclic) bond motifs is 3. The van der Waals surface area contributed by atoms with Crippen molar-refractivity contribution in [3.63, 3.8) is 0 Å². The number of aliphatic carboxylic acids is 2. The molecule has 5 aromatic carbocycles. The quantitative estimate of drug-likeness (QED) is 0.0323. The highest BCUT2D eigenvalue weighted by Gasteiger charge is 2.48. The number of aromatic nitrogens is 1. The molecule has 6 aromatic rings. The van der Waals surface area contributed by atoms with E-state index in [1.807, 2.05) is 0 Å². The summed E-state index contributed by atoms with van der Waals surface area (Å²) in [6, 6.07) is 12.6. The van der Waals surface area contributed by atoms with Crippen molar-refractivity contribution in [1.82, 2.24) is 82.7 Å². The molecule has 0 spiro atoms. The van der Waals surface area contributed by atoms with Crippen molar-refractivity contribution in [2.24, 2.45) is 17.4 Å². The number of phenolic OH excluding ortho intramolecular Hbond substituents is 1. The second kappa shape index (κ2) is 49.0. The van der Waals surface area contributed by atoms with Gasteiger partial charge in [0.2, 0.25) is 88.6 Å². The molecular weight excluding hydrogens is 1730 g/mol. The number of aliphatic hydroxyl groups is 1. The number of phenols is 1. The zero-order valence-corrected chi connectivity index (χ0v) is 75.0. The fourth-order valence-electron chi connectivity index (χ4n) is 16.0. The monoisotopic (exact) mass is 1850 g/mol. The van der Waals surface area contributed by atoms with Gasteiger partial charge in [0.05, 0.1) is 31.5 Å². The highest BCUT2D eigenvalue weighted by molar-refractivity contribution is 8.00. The molecule has 3 aliphatic heterocycles. The van der Waals surface area contributed by atoms with E-state index >= 15 is 43.2 Å². The lowest BCUT2D eigenvalue weighted by molar-refractivity contribution is -0.152. The summed E-state index contributed by atoms with van der Waals surface area (Å²) in [5.41, 5.74) is 14.2. The van der Waals surface area contributed by atoms with Crippen LogP contribution in [0.3, 0.4) is 0 Å². The van der Waals surface area contributed by atoms with Gasteiger partial charge < -0.3 is 109 Å². The maximum Gasteiger partial charge on any atom is 0.305 e. The molecule has 3 aliphatic rings. The first-order valence-corrected chi connectivity index (χ1v) is 44.7. The first-order valence-electron chi connectivity index (χ1n) is 43.6. The average molecular weight is 1850 g/mol. The Hall–Kier alpha value is -13.4. The van der Waals surface area contributed by atoms with E-state index in [0.717, 1.165) is 48.4 Å². The third kappa shape index (κ3) is 28.8. The summed E-state index contributed by atoms with van der Waals surface area (Å²) in [7, 11) is 3.80. The van der Waals surface area contributed by atoms with Crippen LogP contribution in [-0.2, 0) is 114 Å². The number of aromatic amines is 1. The van der Waals surface area contributed by atoms with Crippen LogP contribution in [0.4, 0.5) is 4.39 Å². The smallest absolute Gasteiger partial charge is 0.305 e. The molecule has 0 radical (unpaired) electrons. The molecular formula is C91H117FN18O21S. The lowest BCUT2D eigenvalue weighted by Crippen LogP contribution is -2.62. The van der Waals surface area contributed by atoms with Gasteiger partial charge in [0, 0.05) is 102 Å². The van der Waals surface area contributed by atoms with Crippen molar-refractivity contribution in [2.75, 3.05) is 65.5 Å². The van der Waals surface area contributed by atoms with E-state index in [0.29, 0.717) is 45.1 Å². The number of unbranched alkanes of at least 4 members (excludes halogenated alkanes) is 1. The maximum atomic E-state index is 15.7. The van der Waals surface area contributed by atoms with Crippen molar-refractivity contribution in [2.45, 2.75) is 195 Å². The number of thioether (sulfide) groups is 1. The van der Waals surface area contributed by atoms with Gasteiger partial charge in [-0.2, -0.15) is 0 Å². The first kappa shape index (κ1) is 102. The number of halogens is 1. The number of benzene rings is 5. The standard InChI is InChI=1S/C91H117FN18O21S/c1-7-8-25-69-90(130)109-47-59(112)42-71(109)85(125)103-66(43-77(117)118)83(123)105-78(51(2)3)91(131)107(5)70(39-52-18-11-9-12-19-52)84(124)100-63(34-35-76(115)116)88(128)110-50-95-45-73(110)86(126)102-65(41-56-44-96-61-23-16-15-22-60(56)61)82(122)101-64(37-55-28-32-58(111)33-29-55)81(121)99-62(24-17-36-93)80(120)104-68(79(119)97-46-74(94)113)48-132-49-75(114)98-67(38-54-26-30-57(92)31-27-54)87(127)108(6)72(89(129)106(69)4)40-53-20-13-10-14-21-53/h9-16,18-23,26-33,44,51,59,62-73,78,95-96,111-112H,7-8,17,24-25,34-43,45-50,93H2,1-6H3,(H2,94,113)(H,97,119)(H,98,114)(H,99,121)(H,100,124)(H,101,122)(H,102,126)(H,103,125)(H,104,120)(H,105,123)(H,115,116)(H,117,118)/t59-,62+,63+,64+,65+,66+,67+,68+,69+,70+,71-,72+,73-,78+/m1/s1. The van der Waals surface area contributed by atoms with Crippen molar-refractivity contribution < 1.29 is 106 Å². The van der Waals surface area contributed by atoms with Crippen molar-refractivity contribution in [3.8, 4) is 5.75 Å². The molecule has 0 bridgehead atoms. The Balaban J connectivity index is 1.13. The first-order chi connectivity index (χ1) is 62.9. The number of carboxylic acid groups (broad SMARTS) is 2. The van der Waals surface area contributed by atoms with Gasteiger partial charge >= 0.3 is 11.9 Å². The number of nitrogens with two attached hydrogens (primary N) is 2. The van der Waals surface area contributed by atoms with E-state index in [-0.39, 0.29) is 76.6 Å². The summed E-state index contributed by atoms with van der Waals surface area (Å²) in [5, 5.41) is 69.3. The molecule has 3 saturated heterocycles. The van der Waals surface area contributed by atoms with Gasteiger partial charge in [0.15, 0.2) is 0 Å². The normalized spacial score (nSPS) is 24.2. The van der Waals surface area contributed by atoms with Gasteiger partial charge in [-0.25, -0.2) is 4.39 Å². The van der Waals surface area contributed by atoms with Gasteiger partial charge in [-0.05, 0) is 96.3 Å². The summed E-state index contributed by atoms with van der Waals surface area (Å²) < 4.78 is 14.6. The second-order valence-electron chi connectivity index (χ2n) is 33.4. The number of para-hydroxylation sites is 1. The number of carboxylic acids is 2. The van der Waals surface area contributed by atoms with Gasteiger partial charge in [-0.1, -0.05) is 137 Å². The number of hydrogen-bond donors (Lipinski definition) is 17. The molecule has 0 unspecified atom stereocenters. The van der Waals surface area contributed by atoms with Crippen LogP contribution < -0.4 is 64.6 Å². The Kier molecular flexibility index (Phi) is 38.0. The number of carbonyl (C=O) groups is 17.